The van der Waals surface area contributed by atoms with Crippen molar-refractivity contribution in [2.75, 3.05) is 17.1 Å². The Kier molecular flexibility index (Phi) is 6.54. The van der Waals surface area contributed by atoms with E-state index in [9.17, 15) is 4.79 Å². The SMILES string of the molecule is O=C(CCCl)Nc1ccc(C#CCCCl)cc1. The maximum atomic E-state index is 11.3. The minimum atomic E-state index is -0.0824. The molecule has 1 rings (SSSR count). The van der Waals surface area contributed by atoms with Crippen LogP contribution in [0.15, 0.2) is 24.3 Å². The van der Waals surface area contributed by atoms with Crippen molar-refractivity contribution in [3.8, 4) is 11.8 Å². The van der Waals surface area contributed by atoms with Gasteiger partial charge in [0.2, 0.25) is 5.91 Å². The van der Waals surface area contributed by atoms with E-state index in [1.165, 1.54) is 0 Å². The molecule has 0 saturated carbocycles. The molecule has 0 atom stereocenters. The van der Waals surface area contributed by atoms with E-state index in [0.717, 1.165) is 11.3 Å². The van der Waals surface area contributed by atoms with Crippen molar-refractivity contribution in [1.29, 1.82) is 0 Å². The first-order valence-electron chi connectivity index (χ1n) is 5.27. The number of nitrogens with one attached hydrogen (secondary N) is 1. The summed E-state index contributed by atoms with van der Waals surface area (Å²) in [5.41, 5.74) is 1.66. The van der Waals surface area contributed by atoms with Gasteiger partial charge in [-0.1, -0.05) is 11.8 Å². The van der Waals surface area contributed by atoms with Gasteiger partial charge in [0, 0.05) is 35.9 Å². The van der Waals surface area contributed by atoms with Gasteiger partial charge in [-0.25, -0.2) is 0 Å². The predicted molar refractivity (Wildman–Crippen MR) is 72.6 cm³/mol. The monoisotopic (exact) mass is 269 g/mol. The zero-order valence-corrected chi connectivity index (χ0v) is 10.8. The molecule has 1 amide bonds. The van der Waals surface area contributed by atoms with Gasteiger partial charge in [0.25, 0.3) is 0 Å². The summed E-state index contributed by atoms with van der Waals surface area (Å²) in [6.45, 7) is 0. The van der Waals surface area contributed by atoms with Crippen LogP contribution >= 0.6 is 23.2 Å². The summed E-state index contributed by atoms with van der Waals surface area (Å²) < 4.78 is 0. The van der Waals surface area contributed by atoms with Crippen LogP contribution in [0.2, 0.25) is 0 Å². The third-order valence-corrected chi connectivity index (χ3v) is 2.32. The van der Waals surface area contributed by atoms with Gasteiger partial charge >= 0.3 is 0 Å². The van der Waals surface area contributed by atoms with Crippen LogP contribution in [0.5, 0.6) is 0 Å². The molecule has 1 N–H and O–H groups in total. The molecule has 0 aliphatic heterocycles. The smallest absolute Gasteiger partial charge is 0.225 e. The fourth-order valence-electron chi connectivity index (χ4n) is 1.16. The van der Waals surface area contributed by atoms with Crippen LogP contribution in [-0.4, -0.2) is 17.7 Å². The van der Waals surface area contributed by atoms with E-state index >= 15 is 0 Å². The molecule has 0 aromatic heterocycles. The first-order chi connectivity index (χ1) is 8.26. The van der Waals surface area contributed by atoms with Gasteiger partial charge in [-0.05, 0) is 24.3 Å². The van der Waals surface area contributed by atoms with E-state index in [0.29, 0.717) is 24.6 Å². The average molecular weight is 270 g/mol. The predicted octanol–water partition coefficient (Wildman–Crippen LogP) is 3.23. The molecule has 0 unspecified atom stereocenters. The minimum Gasteiger partial charge on any atom is -0.326 e. The van der Waals surface area contributed by atoms with Crippen LogP contribution in [0.25, 0.3) is 0 Å². The second-order valence-corrected chi connectivity index (χ2v) is 4.06. The summed E-state index contributed by atoms with van der Waals surface area (Å²) in [6, 6.07) is 7.35. The Balaban J connectivity index is 2.56. The number of hydrogen-bond acceptors (Lipinski definition) is 1. The molecule has 0 radical (unpaired) electrons. The highest BCUT2D eigenvalue weighted by Gasteiger charge is 2.00. The highest BCUT2D eigenvalue weighted by Crippen LogP contribution is 2.09. The Bertz CT molecular complexity index is 417. The summed E-state index contributed by atoms with van der Waals surface area (Å²) >= 11 is 11.0. The summed E-state index contributed by atoms with van der Waals surface area (Å²) in [7, 11) is 0. The zero-order chi connectivity index (χ0) is 12.5. The van der Waals surface area contributed by atoms with E-state index in [2.05, 4.69) is 17.2 Å². The molecule has 2 nitrogen and oxygen atoms in total. The molecule has 1 aromatic rings. The standard InChI is InChI=1S/C13H13Cl2NO/c14-9-2-1-3-11-4-6-12(7-5-11)16-13(17)8-10-15/h4-7H,2,8-10H2,(H,16,17). The van der Waals surface area contributed by atoms with Crippen LogP contribution in [0, 0.1) is 11.8 Å². The normalized spacial score (nSPS) is 9.29. The van der Waals surface area contributed by atoms with Crippen molar-refractivity contribution in [3.63, 3.8) is 0 Å². The number of carbonyl (C=O) groups excluding carboxylic acids is 1. The van der Waals surface area contributed by atoms with Gasteiger partial charge in [-0.15, -0.1) is 23.2 Å². The molecular formula is C13H13Cl2NO. The molecule has 0 aliphatic carbocycles. The van der Waals surface area contributed by atoms with Crippen LogP contribution in [0.3, 0.4) is 0 Å². The molecule has 0 heterocycles. The molecule has 90 valence electrons. The molecule has 1 aromatic carbocycles. The van der Waals surface area contributed by atoms with Crippen LogP contribution in [0.4, 0.5) is 5.69 Å². The number of amides is 1. The fourth-order valence-corrected chi connectivity index (χ4v) is 1.42. The van der Waals surface area contributed by atoms with E-state index in [-0.39, 0.29) is 5.91 Å². The first kappa shape index (κ1) is 13.9. The Labute approximate surface area is 111 Å². The van der Waals surface area contributed by atoms with Gasteiger partial charge in [0.15, 0.2) is 0 Å². The lowest BCUT2D eigenvalue weighted by Gasteiger charge is -2.03. The van der Waals surface area contributed by atoms with Crippen molar-refractivity contribution < 1.29 is 4.79 Å². The quantitative estimate of drug-likeness (QED) is 0.660. The van der Waals surface area contributed by atoms with Crippen molar-refractivity contribution in [1.82, 2.24) is 0 Å². The summed E-state index contributed by atoms with van der Waals surface area (Å²) in [4.78, 5) is 11.3. The third-order valence-electron chi connectivity index (χ3n) is 1.94. The van der Waals surface area contributed by atoms with Crippen molar-refractivity contribution in [3.05, 3.63) is 29.8 Å². The van der Waals surface area contributed by atoms with E-state index in [4.69, 9.17) is 23.2 Å². The first-order valence-corrected chi connectivity index (χ1v) is 6.34. The lowest BCUT2D eigenvalue weighted by Crippen LogP contribution is -2.11. The number of halogens is 2. The minimum absolute atomic E-state index is 0.0824. The Morgan fingerprint density at radius 1 is 1.18 bits per heavy atom. The second kappa shape index (κ2) is 8.00. The number of benzene rings is 1. The number of alkyl halides is 2. The molecule has 0 saturated heterocycles. The van der Waals surface area contributed by atoms with Crippen LogP contribution in [0.1, 0.15) is 18.4 Å². The average Bonchev–Trinajstić information content (AvgIpc) is 2.32. The van der Waals surface area contributed by atoms with Gasteiger partial charge in [0.05, 0.1) is 0 Å². The lowest BCUT2D eigenvalue weighted by atomic mass is 10.2. The van der Waals surface area contributed by atoms with Crippen molar-refractivity contribution in [2.24, 2.45) is 0 Å². The summed E-state index contributed by atoms with van der Waals surface area (Å²) in [5.74, 6) is 6.71. The Hall–Kier alpha value is -1.17. The lowest BCUT2D eigenvalue weighted by molar-refractivity contribution is -0.115. The number of rotatable bonds is 4. The number of carbonyl (C=O) groups is 1. The largest absolute Gasteiger partial charge is 0.326 e. The molecular weight excluding hydrogens is 257 g/mol. The van der Waals surface area contributed by atoms with E-state index in [1.54, 1.807) is 0 Å². The molecule has 0 spiro atoms. The molecule has 0 fully saturated rings. The van der Waals surface area contributed by atoms with E-state index in [1.807, 2.05) is 24.3 Å². The summed E-state index contributed by atoms with van der Waals surface area (Å²) in [5, 5.41) is 2.74. The molecule has 0 aliphatic rings. The Morgan fingerprint density at radius 2 is 1.88 bits per heavy atom. The van der Waals surface area contributed by atoms with Gasteiger partial charge in [0.1, 0.15) is 0 Å². The molecule has 4 heteroatoms. The topological polar surface area (TPSA) is 29.1 Å². The van der Waals surface area contributed by atoms with Crippen molar-refractivity contribution in [2.45, 2.75) is 12.8 Å². The Morgan fingerprint density at radius 3 is 2.47 bits per heavy atom. The summed E-state index contributed by atoms with van der Waals surface area (Å²) in [6.07, 6.45) is 0.995. The van der Waals surface area contributed by atoms with Crippen molar-refractivity contribution >= 4 is 34.8 Å². The highest BCUT2D eigenvalue weighted by atomic mass is 35.5. The van der Waals surface area contributed by atoms with E-state index < -0.39 is 0 Å². The maximum absolute atomic E-state index is 11.3. The van der Waals surface area contributed by atoms with Crippen LogP contribution < -0.4 is 5.32 Å². The highest BCUT2D eigenvalue weighted by molar-refractivity contribution is 6.19. The van der Waals surface area contributed by atoms with Gasteiger partial charge in [-0.3, -0.25) is 4.79 Å². The van der Waals surface area contributed by atoms with Gasteiger partial charge in [-0.2, -0.15) is 0 Å². The van der Waals surface area contributed by atoms with Crippen LogP contribution in [-0.2, 0) is 4.79 Å². The fraction of sp³-hybridized carbons (Fsp3) is 0.308. The van der Waals surface area contributed by atoms with Gasteiger partial charge < -0.3 is 5.32 Å². The number of hydrogen-bond donors (Lipinski definition) is 1. The third kappa shape index (κ3) is 5.63. The zero-order valence-electron chi connectivity index (χ0n) is 9.30. The second-order valence-electron chi connectivity index (χ2n) is 3.31. The molecule has 17 heavy (non-hydrogen) atoms. The molecule has 0 bridgehead atoms. The number of anilines is 1. The maximum Gasteiger partial charge on any atom is 0.225 e.